The molecule has 0 fully saturated rings. The van der Waals surface area contributed by atoms with Gasteiger partial charge in [0, 0.05) is 31.1 Å². The maximum Gasteiger partial charge on any atom is 0.307 e. The van der Waals surface area contributed by atoms with Gasteiger partial charge in [-0.2, -0.15) is 5.26 Å². The Hall–Kier alpha value is -4.65. The lowest BCUT2D eigenvalue weighted by Gasteiger charge is -2.23. The lowest BCUT2D eigenvalue weighted by Crippen LogP contribution is -2.33. The summed E-state index contributed by atoms with van der Waals surface area (Å²) in [4.78, 5) is 44.7. The molecular weight excluding hydrogens is 472 g/mol. The number of nitrogens with one attached hydrogen (secondary N) is 1. The number of ether oxygens (including phenoxy) is 1. The Labute approximate surface area is 217 Å². The Balaban J connectivity index is 2.14. The van der Waals surface area contributed by atoms with Crippen molar-refractivity contribution in [3.63, 3.8) is 0 Å². The van der Waals surface area contributed by atoms with Gasteiger partial charge in [0.25, 0.3) is 5.91 Å². The fourth-order valence-electron chi connectivity index (χ4n) is 3.29. The molecule has 0 spiro atoms. The van der Waals surface area contributed by atoms with Crippen molar-refractivity contribution in [2.45, 2.75) is 26.7 Å². The fraction of sp³-hybridized carbons (Fsp3) is 0.296. The number of esters is 1. The van der Waals surface area contributed by atoms with Crippen LogP contribution in [0.25, 0.3) is 0 Å². The summed E-state index contributed by atoms with van der Waals surface area (Å²) in [7, 11) is 1.59. The number of anilines is 3. The SMILES string of the molecule is C=C(N=CCC)N(CCC(=O)OCC)C(=O)c1ccc(N(C)C(=O)CNc2ccc(C#N)cc2)c(N)c1. The van der Waals surface area contributed by atoms with Crippen LogP contribution in [0.5, 0.6) is 0 Å². The zero-order chi connectivity index (χ0) is 27.4. The monoisotopic (exact) mass is 504 g/mol. The van der Waals surface area contributed by atoms with E-state index in [0.29, 0.717) is 23.4 Å². The largest absolute Gasteiger partial charge is 0.466 e. The van der Waals surface area contributed by atoms with Crippen LogP contribution in [-0.4, -0.2) is 55.6 Å². The topological polar surface area (TPSA) is 141 Å². The first kappa shape index (κ1) is 28.6. The number of amides is 2. The number of aliphatic imine (C=N–C) groups is 1. The van der Waals surface area contributed by atoms with Crippen LogP contribution in [0.3, 0.4) is 0 Å². The van der Waals surface area contributed by atoms with Gasteiger partial charge in [0.15, 0.2) is 0 Å². The highest BCUT2D eigenvalue weighted by Crippen LogP contribution is 2.25. The molecule has 0 heterocycles. The molecule has 2 rings (SSSR count). The summed E-state index contributed by atoms with van der Waals surface area (Å²) in [5, 5.41) is 11.9. The highest BCUT2D eigenvalue weighted by Gasteiger charge is 2.22. The molecule has 0 saturated carbocycles. The molecule has 2 aromatic carbocycles. The van der Waals surface area contributed by atoms with Gasteiger partial charge in [-0.15, -0.1) is 0 Å². The highest BCUT2D eigenvalue weighted by molar-refractivity contribution is 6.01. The van der Waals surface area contributed by atoms with Crippen LogP contribution in [0.1, 0.15) is 42.6 Å². The van der Waals surface area contributed by atoms with Gasteiger partial charge in [-0.1, -0.05) is 13.5 Å². The van der Waals surface area contributed by atoms with Crippen molar-refractivity contribution >= 4 is 41.1 Å². The molecule has 0 aromatic heterocycles. The van der Waals surface area contributed by atoms with Crippen LogP contribution in [0, 0.1) is 11.3 Å². The average Bonchev–Trinajstić information content (AvgIpc) is 2.90. The van der Waals surface area contributed by atoms with Crippen molar-refractivity contribution in [1.29, 1.82) is 5.26 Å². The van der Waals surface area contributed by atoms with Gasteiger partial charge in [0.05, 0.1) is 42.6 Å². The average molecular weight is 505 g/mol. The van der Waals surface area contributed by atoms with Crippen LogP contribution in [-0.2, 0) is 14.3 Å². The highest BCUT2D eigenvalue weighted by atomic mass is 16.5. The maximum atomic E-state index is 13.3. The van der Waals surface area contributed by atoms with E-state index in [1.54, 1.807) is 56.6 Å². The number of likely N-dealkylation sites (N-methyl/N-ethyl adjacent to an activating group) is 1. The first-order valence-electron chi connectivity index (χ1n) is 11.8. The van der Waals surface area contributed by atoms with Crippen molar-refractivity contribution in [2.24, 2.45) is 4.99 Å². The third-order valence-corrected chi connectivity index (χ3v) is 5.29. The predicted molar refractivity (Wildman–Crippen MR) is 144 cm³/mol. The predicted octanol–water partition coefficient (Wildman–Crippen LogP) is 3.56. The van der Waals surface area contributed by atoms with Crippen molar-refractivity contribution in [1.82, 2.24) is 4.90 Å². The molecule has 0 aliphatic rings. The van der Waals surface area contributed by atoms with E-state index in [4.69, 9.17) is 15.7 Å². The van der Waals surface area contributed by atoms with Crippen LogP contribution in [0.4, 0.5) is 17.1 Å². The number of hydrogen-bond acceptors (Lipinski definition) is 8. The second-order valence-corrected chi connectivity index (χ2v) is 7.92. The van der Waals surface area contributed by atoms with Gasteiger partial charge in [0.1, 0.15) is 5.82 Å². The van der Waals surface area contributed by atoms with Crippen LogP contribution in [0.15, 0.2) is 59.9 Å². The molecule has 0 aliphatic heterocycles. The molecule has 0 saturated heterocycles. The molecule has 2 amide bonds. The van der Waals surface area contributed by atoms with E-state index in [1.165, 1.54) is 15.9 Å². The number of nitrogens with two attached hydrogens (primary N) is 1. The molecule has 10 heteroatoms. The molecule has 0 aliphatic carbocycles. The molecule has 0 bridgehead atoms. The second kappa shape index (κ2) is 14.0. The number of rotatable bonds is 12. The first-order chi connectivity index (χ1) is 17.7. The minimum absolute atomic E-state index is 0.000579. The molecule has 0 radical (unpaired) electrons. The van der Waals surface area contributed by atoms with E-state index in [0.717, 1.165) is 0 Å². The van der Waals surface area contributed by atoms with Gasteiger partial charge in [-0.05, 0) is 55.8 Å². The van der Waals surface area contributed by atoms with Gasteiger partial charge in [-0.25, -0.2) is 4.99 Å². The molecule has 0 unspecified atom stereocenters. The van der Waals surface area contributed by atoms with E-state index in [-0.39, 0.29) is 49.1 Å². The molecule has 10 nitrogen and oxygen atoms in total. The summed E-state index contributed by atoms with van der Waals surface area (Å²) in [6.07, 6.45) is 2.26. The second-order valence-electron chi connectivity index (χ2n) is 7.92. The molecule has 2 aromatic rings. The summed E-state index contributed by atoms with van der Waals surface area (Å²) in [6, 6.07) is 13.4. The molecule has 37 heavy (non-hydrogen) atoms. The van der Waals surface area contributed by atoms with E-state index in [2.05, 4.69) is 16.9 Å². The van der Waals surface area contributed by atoms with E-state index >= 15 is 0 Å². The van der Waals surface area contributed by atoms with Gasteiger partial charge < -0.3 is 20.7 Å². The van der Waals surface area contributed by atoms with E-state index in [1.807, 2.05) is 13.0 Å². The van der Waals surface area contributed by atoms with Crippen molar-refractivity contribution in [3.8, 4) is 6.07 Å². The molecule has 3 N–H and O–H groups in total. The fourth-order valence-corrected chi connectivity index (χ4v) is 3.29. The van der Waals surface area contributed by atoms with Gasteiger partial charge >= 0.3 is 5.97 Å². The number of hydrogen-bond donors (Lipinski definition) is 2. The van der Waals surface area contributed by atoms with Gasteiger partial charge in [0.2, 0.25) is 5.91 Å². The Morgan fingerprint density at radius 3 is 2.49 bits per heavy atom. The van der Waals surface area contributed by atoms with Crippen molar-refractivity contribution in [3.05, 3.63) is 66.0 Å². The Morgan fingerprint density at radius 2 is 1.89 bits per heavy atom. The summed E-state index contributed by atoms with van der Waals surface area (Å²) < 4.78 is 4.96. The van der Waals surface area contributed by atoms with Crippen LogP contribution < -0.4 is 16.0 Å². The zero-order valence-electron chi connectivity index (χ0n) is 21.4. The minimum atomic E-state index is -0.433. The third-order valence-electron chi connectivity index (χ3n) is 5.29. The number of nitrogens with zero attached hydrogens (tertiary/aromatic N) is 4. The standard InChI is InChI=1S/C27H32N6O4/c1-5-14-30-19(3)33(15-13-26(35)37-6-2)27(36)21-9-12-24(23(29)16-21)32(4)25(34)18-31-22-10-7-20(17-28)8-11-22/h7-12,14,16,31H,3,5-6,13,15,18,29H2,1-2,4H3. The molecular formula is C27H32N6O4. The van der Waals surface area contributed by atoms with E-state index in [9.17, 15) is 14.4 Å². The first-order valence-corrected chi connectivity index (χ1v) is 11.8. The van der Waals surface area contributed by atoms with Crippen LogP contribution >= 0.6 is 0 Å². The third kappa shape index (κ3) is 8.21. The maximum absolute atomic E-state index is 13.3. The summed E-state index contributed by atoms with van der Waals surface area (Å²) in [6.45, 7) is 7.75. The number of benzene rings is 2. The number of carbonyl (C=O) groups excluding carboxylic acids is 3. The Bertz CT molecular complexity index is 1200. The van der Waals surface area contributed by atoms with Crippen molar-refractivity contribution in [2.75, 3.05) is 42.7 Å². The van der Waals surface area contributed by atoms with Gasteiger partial charge in [-0.3, -0.25) is 19.3 Å². The minimum Gasteiger partial charge on any atom is -0.466 e. The number of nitrogen functional groups attached to an aromatic ring is 1. The summed E-state index contributed by atoms with van der Waals surface area (Å²) in [5.74, 6) is -0.928. The quantitative estimate of drug-likeness (QED) is 0.256. The van der Waals surface area contributed by atoms with Crippen molar-refractivity contribution < 1.29 is 19.1 Å². The van der Waals surface area contributed by atoms with E-state index < -0.39 is 11.9 Å². The normalized spacial score (nSPS) is 10.4. The lowest BCUT2D eigenvalue weighted by atomic mass is 10.1. The molecule has 0 atom stereocenters. The number of nitriles is 1. The Morgan fingerprint density at radius 1 is 1.19 bits per heavy atom. The smallest absolute Gasteiger partial charge is 0.307 e. The number of carbonyl (C=O) groups is 3. The Kier molecular flexibility index (Phi) is 10.8. The summed E-state index contributed by atoms with van der Waals surface area (Å²) >= 11 is 0. The molecule has 194 valence electrons. The van der Waals surface area contributed by atoms with Crippen LogP contribution in [0.2, 0.25) is 0 Å². The summed E-state index contributed by atoms with van der Waals surface area (Å²) in [5.41, 5.74) is 8.36. The lowest BCUT2D eigenvalue weighted by molar-refractivity contribution is -0.143. The zero-order valence-corrected chi connectivity index (χ0v) is 21.4.